The van der Waals surface area contributed by atoms with E-state index in [1.165, 1.54) is 10.9 Å². The van der Waals surface area contributed by atoms with E-state index in [0.29, 0.717) is 31.4 Å². The van der Waals surface area contributed by atoms with Crippen LogP contribution in [-0.4, -0.2) is 75.6 Å². The molecule has 0 aliphatic heterocycles. The number of para-hydroxylation sites is 1. The number of aromatic amines is 4. The van der Waals surface area contributed by atoms with Gasteiger partial charge in [0.1, 0.15) is 29.1 Å². The van der Waals surface area contributed by atoms with Crippen molar-refractivity contribution in [2.75, 3.05) is 6.54 Å². The number of fused-ring (bicyclic) bond motifs is 4. The number of ketones is 2. The smallest absolute Gasteiger partial charge is 0.320 e. The quantitative estimate of drug-likeness (QED) is 0.0488. The number of phenolic OH excluding ortho intramolecular Hbond substituents is 1. The molecule has 13 N–H and O–H groups in total. The number of carbonyl (C=O) groups excluding carboxylic acids is 2. The van der Waals surface area contributed by atoms with Crippen LogP contribution in [0.3, 0.4) is 0 Å². The van der Waals surface area contributed by atoms with E-state index >= 15 is 0 Å². The van der Waals surface area contributed by atoms with Gasteiger partial charge in [-0.05, 0) is 123 Å². The van der Waals surface area contributed by atoms with Gasteiger partial charge in [0, 0.05) is 99.3 Å². The molecule has 0 saturated carbocycles. The zero-order valence-electron chi connectivity index (χ0n) is 35.7. The molecule has 4 aromatic heterocycles. The third-order valence-electron chi connectivity index (χ3n) is 10.7. The van der Waals surface area contributed by atoms with Crippen LogP contribution >= 0.6 is 0 Å². The van der Waals surface area contributed by atoms with E-state index in [2.05, 4.69) is 19.9 Å². The molecule has 1 unspecified atom stereocenters. The van der Waals surface area contributed by atoms with Gasteiger partial charge in [-0.2, -0.15) is 0 Å². The van der Waals surface area contributed by atoms with Crippen molar-refractivity contribution in [1.82, 2.24) is 19.9 Å². The van der Waals surface area contributed by atoms with Crippen molar-refractivity contribution in [3.05, 3.63) is 131 Å². The fourth-order valence-corrected chi connectivity index (χ4v) is 7.33. The summed E-state index contributed by atoms with van der Waals surface area (Å²) in [5.74, 6) is -0.173. The number of phenols is 2. The molecule has 0 saturated heterocycles. The Labute approximate surface area is 365 Å². The first-order chi connectivity index (χ1) is 30.3. The number of aliphatic carboxylic acids is 1. The summed E-state index contributed by atoms with van der Waals surface area (Å²) in [6.45, 7) is 3.76. The Kier molecular flexibility index (Phi) is 17.2. The number of aliphatic hydroxyl groups excluding tert-OH is 2. The first kappa shape index (κ1) is 47.3. The van der Waals surface area contributed by atoms with Crippen LogP contribution in [0.1, 0.15) is 72.9 Å². The minimum absolute atomic E-state index is 0.0865. The van der Waals surface area contributed by atoms with E-state index in [9.17, 15) is 24.6 Å². The van der Waals surface area contributed by atoms with Crippen molar-refractivity contribution in [3.8, 4) is 11.5 Å². The number of nitrogens with one attached hydrogen (secondary N) is 4. The third-order valence-corrected chi connectivity index (χ3v) is 10.7. The summed E-state index contributed by atoms with van der Waals surface area (Å²) < 4.78 is 0. The fourth-order valence-electron chi connectivity index (χ4n) is 7.33. The third kappa shape index (κ3) is 13.1. The Bertz CT molecular complexity index is 2760. The first-order valence-corrected chi connectivity index (χ1v) is 21.0. The van der Waals surface area contributed by atoms with E-state index in [0.717, 1.165) is 92.6 Å². The van der Waals surface area contributed by atoms with Crippen molar-refractivity contribution in [1.29, 1.82) is 0 Å². The fraction of sp³-hybridized carbons (Fsp3) is 0.286. The average molecular weight is 859 g/mol. The lowest BCUT2D eigenvalue weighted by Gasteiger charge is -2.04. The van der Waals surface area contributed by atoms with Crippen LogP contribution in [0.25, 0.3) is 43.6 Å². The highest BCUT2D eigenvalue weighted by Gasteiger charge is 2.14. The highest BCUT2D eigenvalue weighted by molar-refractivity contribution is 5.87. The van der Waals surface area contributed by atoms with Crippen LogP contribution in [0.2, 0.25) is 0 Å². The van der Waals surface area contributed by atoms with Gasteiger partial charge >= 0.3 is 5.97 Å². The Morgan fingerprint density at radius 3 is 1.68 bits per heavy atom. The molecule has 14 nitrogen and oxygen atoms in total. The number of aromatic hydroxyl groups is 2. The topological polar surface area (TPSA) is 268 Å². The second-order valence-corrected chi connectivity index (χ2v) is 15.6. The number of hydrogen-bond donors (Lipinski definition) is 11. The van der Waals surface area contributed by atoms with E-state index in [1.807, 2.05) is 73.3 Å². The molecule has 0 amide bonds. The Balaban J connectivity index is 0.000000159. The minimum atomic E-state index is -0.972. The van der Waals surface area contributed by atoms with E-state index in [-0.39, 0.29) is 36.3 Å². The van der Waals surface area contributed by atoms with Gasteiger partial charge in [-0.25, -0.2) is 0 Å². The van der Waals surface area contributed by atoms with Crippen LogP contribution in [0, 0.1) is 0 Å². The lowest BCUT2D eigenvalue weighted by Crippen LogP contribution is -2.32. The number of benzene rings is 4. The number of carbonyl (C=O) groups is 3. The number of carboxylic acid groups (broad SMARTS) is 1. The summed E-state index contributed by atoms with van der Waals surface area (Å²) >= 11 is 0. The van der Waals surface area contributed by atoms with Crippen LogP contribution in [0.4, 0.5) is 0 Å². The molecular weight excluding hydrogens is 801 g/mol. The maximum absolute atomic E-state index is 10.9. The number of Topliss-reactive ketones (excluding diaryl/α,β-unsaturated/α-hetero) is 2. The zero-order chi connectivity index (χ0) is 45.5. The predicted octanol–water partition coefficient (Wildman–Crippen LogP) is 7.35. The number of aryl methyl sites for hydroxylation is 2. The molecule has 14 heteroatoms. The summed E-state index contributed by atoms with van der Waals surface area (Å²) in [6, 6.07) is 21.5. The highest BCUT2D eigenvalue weighted by atomic mass is 16.4. The zero-order valence-corrected chi connectivity index (χ0v) is 35.7. The normalized spacial score (nSPS) is 11.4. The second-order valence-electron chi connectivity index (χ2n) is 15.6. The van der Waals surface area contributed by atoms with Gasteiger partial charge in [0.15, 0.2) is 0 Å². The number of nitrogens with two attached hydrogens (primary N) is 2. The summed E-state index contributed by atoms with van der Waals surface area (Å²) in [4.78, 5) is 44.9. The summed E-state index contributed by atoms with van der Waals surface area (Å²) in [6.07, 6.45) is 13.4. The molecule has 8 rings (SSSR count). The maximum Gasteiger partial charge on any atom is 0.320 e. The van der Waals surface area contributed by atoms with E-state index < -0.39 is 12.0 Å². The number of aromatic nitrogens is 4. The van der Waals surface area contributed by atoms with Gasteiger partial charge in [0.05, 0.1) is 13.2 Å². The first-order valence-electron chi connectivity index (χ1n) is 21.0. The Morgan fingerprint density at radius 1 is 0.587 bits per heavy atom. The molecule has 1 atom stereocenters. The maximum atomic E-state index is 10.9. The second kappa shape index (κ2) is 22.9. The molecular formula is C49H58N6O8. The number of hydrogen-bond acceptors (Lipinski definition) is 9. The summed E-state index contributed by atoms with van der Waals surface area (Å²) in [5, 5.41) is 50.2. The molecule has 63 heavy (non-hydrogen) atoms. The predicted molar refractivity (Wildman–Crippen MR) is 248 cm³/mol. The van der Waals surface area contributed by atoms with Gasteiger partial charge < -0.3 is 66.5 Å². The van der Waals surface area contributed by atoms with Crippen LogP contribution < -0.4 is 11.5 Å². The van der Waals surface area contributed by atoms with Crippen molar-refractivity contribution < 1.29 is 39.9 Å². The van der Waals surface area contributed by atoms with Gasteiger partial charge in [0.2, 0.25) is 0 Å². The molecule has 0 fully saturated rings. The molecule has 332 valence electrons. The molecule has 8 aromatic rings. The standard InChI is InChI=1S/C14H17NO3.C13H15NO2.C11H12N2O2.C11H14N2O/c1-9(17)3-2-4-10-7-15-13-6-14(18)11(8-16)5-12(10)13;1-9(15)3-2-4-10-8-14-13-6-5-11(16)7-12(10)13;12-9(11(14)15)5-7-6-13-10-4-2-1-3-8(7)10;12-4-3-9-6-13-11-2-1-8(7-14)5-10(9)11/h5-7,15-16,18H,2-4,8H2,1H3;5-8,14,16H,2-4H2,1H3;1-4,6,9,13H,5,12H2,(H,14,15);1-2,5-6,13-14H,3-4,7,12H2. The number of aliphatic hydroxyl groups is 2. The molecule has 0 radical (unpaired) electrons. The molecule has 4 heterocycles. The molecule has 4 aromatic carbocycles. The lowest BCUT2D eigenvalue weighted by atomic mass is 10.0. The largest absolute Gasteiger partial charge is 0.508 e. The van der Waals surface area contributed by atoms with Gasteiger partial charge in [-0.3, -0.25) is 4.79 Å². The lowest BCUT2D eigenvalue weighted by molar-refractivity contribution is -0.138. The average Bonchev–Trinajstić information content (AvgIpc) is 4.07. The molecule has 0 spiro atoms. The Hall–Kier alpha value is -6.71. The van der Waals surface area contributed by atoms with Gasteiger partial charge in [-0.15, -0.1) is 0 Å². The molecule has 0 aliphatic rings. The van der Waals surface area contributed by atoms with E-state index in [4.69, 9.17) is 26.8 Å². The number of rotatable bonds is 15. The number of H-pyrrole nitrogens is 4. The highest BCUT2D eigenvalue weighted by Crippen LogP contribution is 2.28. The SMILES string of the molecule is CC(=O)CCCc1c[nH]c2cc(O)c(CO)cc12.CC(=O)CCCc1c[nH]c2ccc(O)cc12.NC(Cc1c[nH]c2ccccc12)C(=O)O.NCCc1c[nH]c2ccc(CO)cc12. The van der Waals surface area contributed by atoms with Crippen LogP contribution in [0.5, 0.6) is 11.5 Å². The summed E-state index contributed by atoms with van der Waals surface area (Å²) in [5.41, 5.74) is 20.9. The molecule has 0 aliphatic carbocycles. The van der Waals surface area contributed by atoms with Crippen LogP contribution in [0.15, 0.2) is 97.6 Å². The van der Waals surface area contributed by atoms with Crippen LogP contribution in [-0.2, 0) is 53.3 Å². The van der Waals surface area contributed by atoms with Crippen molar-refractivity contribution in [2.45, 2.75) is 84.5 Å². The Morgan fingerprint density at radius 2 is 1.11 bits per heavy atom. The van der Waals surface area contributed by atoms with Crippen molar-refractivity contribution in [2.24, 2.45) is 11.5 Å². The van der Waals surface area contributed by atoms with Crippen molar-refractivity contribution in [3.63, 3.8) is 0 Å². The minimum Gasteiger partial charge on any atom is -0.508 e. The van der Waals surface area contributed by atoms with Gasteiger partial charge in [0.25, 0.3) is 0 Å². The van der Waals surface area contributed by atoms with Gasteiger partial charge in [-0.1, -0.05) is 24.3 Å². The molecule has 0 bridgehead atoms. The number of carboxylic acids is 1. The van der Waals surface area contributed by atoms with Crippen molar-refractivity contribution >= 4 is 61.1 Å². The van der Waals surface area contributed by atoms with E-state index in [1.54, 1.807) is 38.1 Å². The monoisotopic (exact) mass is 858 g/mol. The summed E-state index contributed by atoms with van der Waals surface area (Å²) in [7, 11) is 0.